The number of rotatable bonds is 7. The number of benzene rings is 1. The fourth-order valence-electron chi connectivity index (χ4n) is 3.05. The summed E-state index contributed by atoms with van der Waals surface area (Å²) in [5, 5.41) is 12.2. The maximum atomic E-state index is 12.8. The van der Waals surface area contributed by atoms with Gasteiger partial charge in [-0.1, -0.05) is 6.92 Å². The molecule has 0 amide bonds. The summed E-state index contributed by atoms with van der Waals surface area (Å²) in [5.41, 5.74) is 0.743. The number of aromatic nitrogens is 1. The van der Waals surface area contributed by atoms with Crippen LogP contribution in [0.2, 0.25) is 0 Å². The van der Waals surface area contributed by atoms with Gasteiger partial charge in [-0.25, -0.2) is 8.42 Å². The van der Waals surface area contributed by atoms with Crippen LogP contribution in [-0.2, 0) is 14.8 Å². The molecule has 0 atom stereocenters. The van der Waals surface area contributed by atoms with E-state index < -0.39 is 10.0 Å². The highest BCUT2D eigenvalue weighted by atomic mass is 32.2. The van der Waals surface area contributed by atoms with Crippen molar-refractivity contribution in [3.8, 4) is 17.5 Å². The van der Waals surface area contributed by atoms with Crippen LogP contribution >= 0.6 is 0 Å². The summed E-state index contributed by atoms with van der Waals surface area (Å²) in [6.45, 7) is 4.18. The highest BCUT2D eigenvalue weighted by molar-refractivity contribution is 7.89. The van der Waals surface area contributed by atoms with Crippen molar-refractivity contribution in [2.45, 2.75) is 24.7 Å². The van der Waals surface area contributed by atoms with Gasteiger partial charge in [0.05, 0.1) is 11.5 Å². The van der Waals surface area contributed by atoms with Crippen LogP contribution in [0.4, 0.5) is 5.88 Å². The molecule has 1 N–H and O–H groups in total. The van der Waals surface area contributed by atoms with E-state index in [0.717, 1.165) is 12.8 Å². The molecule has 0 radical (unpaired) electrons. The number of anilines is 1. The molecule has 0 spiro atoms. The third-order valence-corrected chi connectivity index (χ3v) is 6.72. The summed E-state index contributed by atoms with van der Waals surface area (Å²) in [7, 11) is -1.92. The minimum atomic E-state index is -3.50. The van der Waals surface area contributed by atoms with Gasteiger partial charge in [0.2, 0.25) is 27.5 Å². The van der Waals surface area contributed by atoms with Crippen LogP contribution < -0.4 is 5.32 Å². The Labute approximate surface area is 165 Å². The van der Waals surface area contributed by atoms with Crippen molar-refractivity contribution in [1.29, 1.82) is 5.26 Å². The molecule has 1 aliphatic rings. The monoisotopic (exact) mass is 404 g/mol. The molecule has 9 heteroatoms. The maximum absolute atomic E-state index is 12.8. The molecule has 0 bridgehead atoms. The lowest BCUT2D eigenvalue weighted by Crippen LogP contribution is -2.37. The van der Waals surface area contributed by atoms with Crippen molar-refractivity contribution >= 4 is 15.9 Å². The van der Waals surface area contributed by atoms with Crippen LogP contribution in [0, 0.1) is 17.2 Å². The molecule has 0 saturated carbocycles. The average molecular weight is 404 g/mol. The number of nitrogens with zero attached hydrogens (tertiary/aromatic N) is 3. The number of nitrogens with one attached hydrogen (secondary N) is 1. The molecule has 0 aliphatic carbocycles. The number of nitriles is 1. The van der Waals surface area contributed by atoms with Gasteiger partial charge in [-0.05, 0) is 43.0 Å². The van der Waals surface area contributed by atoms with Gasteiger partial charge in [0, 0.05) is 32.3 Å². The lowest BCUT2D eigenvalue weighted by molar-refractivity contribution is 0.210. The largest absolute Gasteiger partial charge is 0.419 e. The van der Waals surface area contributed by atoms with Crippen LogP contribution in [0.3, 0.4) is 0 Å². The van der Waals surface area contributed by atoms with Gasteiger partial charge in [-0.15, -0.1) is 0 Å². The van der Waals surface area contributed by atoms with Gasteiger partial charge < -0.3 is 14.5 Å². The SMILES string of the molecule is COCCNc1oc(-c2ccc(S(=O)(=O)N3CCC(C)CC3)cc2)nc1C#N. The van der Waals surface area contributed by atoms with Crippen LogP contribution in [0.1, 0.15) is 25.5 Å². The summed E-state index contributed by atoms with van der Waals surface area (Å²) < 4.78 is 37.8. The Morgan fingerprint density at radius 3 is 2.61 bits per heavy atom. The van der Waals surface area contributed by atoms with E-state index >= 15 is 0 Å². The van der Waals surface area contributed by atoms with Crippen molar-refractivity contribution in [3.05, 3.63) is 30.0 Å². The fourth-order valence-corrected chi connectivity index (χ4v) is 4.52. The van der Waals surface area contributed by atoms with Crippen LogP contribution in [0.25, 0.3) is 11.5 Å². The molecule has 0 unspecified atom stereocenters. The van der Waals surface area contributed by atoms with Crippen molar-refractivity contribution in [2.24, 2.45) is 5.92 Å². The van der Waals surface area contributed by atoms with E-state index in [1.807, 2.05) is 6.07 Å². The molecule has 2 heterocycles. The zero-order valence-corrected chi connectivity index (χ0v) is 16.8. The highest BCUT2D eigenvalue weighted by Crippen LogP contribution is 2.28. The van der Waals surface area contributed by atoms with E-state index in [0.29, 0.717) is 37.7 Å². The van der Waals surface area contributed by atoms with E-state index in [1.165, 1.54) is 0 Å². The number of ether oxygens (including phenoxy) is 1. The normalized spacial score (nSPS) is 16.0. The summed E-state index contributed by atoms with van der Waals surface area (Å²) in [6.07, 6.45) is 1.76. The third kappa shape index (κ3) is 4.35. The van der Waals surface area contributed by atoms with Crippen molar-refractivity contribution in [3.63, 3.8) is 0 Å². The second-order valence-corrected chi connectivity index (χ2v) is 8.78. The molecule has 1 fully saturated rings. The Hall–Kier alpha value is -2.41. The van der Waals surface area contributed by atoms with Crippen LogP contribution in [-0.4, -0.2) is 51.1 Å². The first kappa shape index (κ1) is 20.3. The molecule has 1 saturated heterocycles. The van der Waals surface area contributed by atoms with Crippen molar-refractivity contribution < 1.29 is 17.6 Å². The van der Waals surface area contributed by atoms with E-state index in [1.54, 1.807) is 35.7 Å². The first-order valence-electron chi connectivity index (χ1n) is 9.20. The second-order valence-electron chi connectivity index (χ2n) is 6.84. The van der Waals surface area contributed by atoms with Gasteiger partial charge >= 0.3 is 0 Å². The Morgan fingerprint density at radius 2 is 2.00 bits per heavy atom. The number of hydrogen-bond donors (Lipinski definition) is 1. The van der Waals surface area contributed by atoms with E-state index in [4.69, 9.17) is 9.15 Å². The quantitative estimate of drug-likeness (QED) is 0.707. The molecular formula is C19H24N4O4S. The fraction of sp³-hybridized carbons (Fsp3) is 0.474. The maximum Gasteiger partial charge on any atom is 0.243 e. The molecule has 1 aliphatic heterocycles. The number of sulfonamides is 1. The lowest BCUT2D eigenvalue weighted by Gasteiger charge is -2.29. The summed E-state index contributed by atoms with van der Waals surface area (Å²) in [5.74, 6) is 1.08. The molecule has 1 aromatic heterocycles. The average Bonchev–Trinajstić information content (AvgIpc) is 3.12. The topological polar surface area (TPSA) is 108 Å². The summed E-state index contributed by atoms with van der Waals surface area (Å²) in [6, 6.07) is 8.38. The molecule has 2 aromatic rings. The minimum absolute atomic E-state index is 0.144. The van der Waals surface area contributed by atoms with E-state index in [-0.39, 0.29) is 22.4 Å². The molecule has 1 aromatic carbocycles. The van der Waals surface area contributed by atoms with Gasteiger partial charge in [0.1, 0.15) is 6.07 Å². The minimum Gasteiger partial charge on any atom is -0.419 e. The van der Waals surface area contributed by atoms with Crippen LogP contribution in [0.15, 0.2) is 33.6 Å². The third-order valence-electron chi connectivity index (χ3n) is 4.81. The Balaban J connectivity index is 1.78. The Morgan fingerprint density at radius 1 is 1.32 bits per heavy atom. The summed E-state index contributed by atoms with van der Waals surface area (Å²) >= 11 is 0. The first-order valence-corrected chi connectivity index (χ1v) is 10.6. The van der Waals surface area contributed by atoms with Gasteiger partial charge in [-0.2, -0.15) is 14.6 Å². The molecule has 28 heavy (non-hydrogen) atoms. The van der Waals surface area contributed by atoms with Crippen LogP contribution in [0.5, 0.6) is 0 Å². The van der Waals surface area contributed by atoms with Crippen molar-refractivity contribution in [1.82, 2.24) is 9.29 Å². The smallest absolute Gasteiger partial charge is 0.243 e. The highest BCUT2D eigenvalue weighted by Gasteiger charge is 2.28. The Kier molecular flexibility index (Phi) is 6.34. The standard InChI is InChI=1S/C19H24N4O4S/c1-14-7-10-23(11-8-14)28(24,25)16-5-3-15(4-6-16)18-22-17(13-20)19(27-18)21-9-12-26-2/h3-6,14,21H,7-12H2,1-2H3. The van der Waals surface area contributed by atoms with Gasteiger partial charge in [-0.3, -0.25) is 0 Å². The zero-order chi connectivity index (χ0) is 20.1. The second kappa shape index (κ2) is 8.73. The molecule has 3 rings (SSSR count). The summed E-state index contributed by atoms with van der Waals surface area (Å²) in [4.78, 5) is 4.42. The number of oxazole rings is 1. The number of methoxy groups -OCH3 is 1. The number of piperidine rings is 1. The number of hydrogen-bond acceptors (Lipinski definition) is 7. The van der Waals surface area contributed by atoms with Gasteiger partial charge in [0.25, 0.3) is 0 Å². The molecule has 8 nitrogen and oxygen atoms in total. The zero-order valence-electron chi connectivity index (χ0n) is 16.0. The Bertz CT molecular complexity index is 939. The molecular weight excluding hydrogens is 380 g/mol. The predicted octanol–water partition coefficient (Wildman–Crippen LogP) is 2.69. The van der Waals surface area contributed by atoms with Gasteiger partial charge in [0.15, 0.2) is 0 Å². The lowest BCUT2D eigenvalue weighted by atomic mass is 10.0. The van der Waals surface area contributed by atoms with E-state index in [2.05, 4.69) is 17.2 Å². The van der Waals surface area contributed by atoms with Crippen molar-refractivity contribution in [2.75, 3.05) is 38.7 Å². The molecule has 150 valence electrons. The first-order chi connectivity index (χ1) is 13.5. The predicted molar refractivity (Wildman–Crippen MR) is 104 cm³/mol. The van der Waals surface area contributed by atoms with E-state index in [9.17, 15) is 13.7 Å².